The summed E-state index contributed by atoms with van der Waals surface area (Å²) in [4.78, 5) is 2.19. The van der Waals surface area contributed by atoms with Crippen LogP contribution in [0, 0.1) is 5.82 Å². The minimum Gasteiger partial charge on any atom is -0.493 e. The van der Waals surface area contributed by atoms with Crippen LogP contribution in [0.1, 0.15) is 24.1 Å². The van der Waals surface area contributed by atoms with E-state index in [1.807, 2.05) is 37.4 Å². The van der Waals surface area contributed by atoms with Gasteiger partial charge in [-0.3, -0.25) is 4.90 Å². The van der Waals surface area contributed by atoms with Gasteiger partial charge < -0.3 is 9.47 Å². The molecule has 4 heteroatoms. The molecule has 0 N–H and O–H groups in total. The zero-order chi connectivity index (χ0) is 16.1. The van der Waals surface area contributed by atoms with Crippen molar-refractivity contribution >= 4 is 0 Å². The Hall–Kier alpha value is -2.07. The van der Waals surface area contributed by atoms with E-state index in [1.165, 1.54) is 12.1 Å². The number of hydrogen-bond donors (Lipinski definition) is 0. The van der Waals surface area contributed by atoms with Gasteiger partial charge in [0.1, 0.15) is 5.82 Å². The van der Waals surface area contributed by atoms with Gasteiger partial charge >= 0.3 is 0 Å². The van der Waals surface area contributed by atoms with Gasteiger partial charge in [-0.15, -0.1) is 0 Å². The first-order chi connectivity index (χ1) is 10.6. The van der Waals surface area contributed by atoms with Crippen molar-refractivity contribution in [2.75, 3.05) is 21.3 Å². The minimum absolute atomic E-state index is 0.163. The molecule has 0 unspecified atom stereocenters. The van der Waals surface area contributed by atoms with Gasteiger partial charge in [-0.1, -0.05) is 24.3 Å². The molecule has 0 amide bonds. The Morgan fingerprint density at radius 1 is 1.05 bits per heavy atom. The molecule has 2 aromatic rings. The summed E-state index contributed by atoms with van der Waals surface area (Å²) in [6, 6.07) is 12.6. The van der Waals surface area contributed by atoms with E-state index >= 15 is 0 Å². The second-order valence-corrected chi connectivity index (χ2v) is 5.30. The zero-order valence-electron chi connectivity index (χ0n) is 13.5. The van der Waals surface area contributed by atoms with Crippen LogP contribution in [0.2, 0.25) is 0 Å². The summed E-state index contributed by atoms with van der Waals surface area (Å²) < 4.78 is 23.8. The zero-order valence-corrected chi connectivity index (χ0v) is 13.5. The molecule has 1 atom stereocenters. The molecule has 0 radical (unpaired) electrons. The molecule has 0 saturated carbocycles. The van der Waals surface area contributed by atoms with Crippen molar-refractivity contribution in [2.45, 2.75) is 19.5 Å². The maximum absolute atomic E-state index is 13.0. The first kappa shape index (κ1) is 16.3. The smallest absolute Gasteiger partial charge is 0.165 e. The lowest BCUT2D eigenvalue weighted by Gasteiger charge is -2.26. The van der Waals surface area contributed by atoms with Gasteiger partial charge in [0.25, 0.3) is 0 Å². The van der Waals surface area contributed by atoms with Crippen molar-refractivity contribution in [1.29, 1.82) is 0 Å². The van der Waals surface area contributed by atoms with Gasteiger partial charge in [0, 0.05) is 18.2 Å². The first-order valence-electron chi connectivity index (χ1n) is 7.22. The number of benzene rings is 2. The van der Waals surface area contributed by atoms with Crippen molar-refractivity contribution in [3.8, 4) is 11.5 Å². The lowest BCUT2D eigenvalue weighted by atomic mass is 10.1. The second kappa shape index (κ2) is 7.27. The van der Waals surface area contributed by atoms with E-state index in [0.717, 1.165) is 22.6 Å². The van der Waals surface area contributed by atoms with E-state index in [2.05, 4.69) is 11.8 Å². The topological polar surface area (TPSA) is 21.7 Å². The summed E-state index contributed by atoms with van der Waals surface area (Å²) >= 11 is 0. The van der Waals surface area contributed by atoms with E-state index < -0.39 is 0 Å². The maximum Gasteiger partial charge on any atom is 0.165 e. The number of nitrogens with zero attached hydrogens (tertiary/aromatic N) is 1. The quantitative estimate of drug-likeness (QED) is 0.804. The van der Waals surface area contributed by atoms with Crippen LogP contribution in [0.5, 0.6) is 11.5 Å². The highest BCUT2D eigenvalue weighted by molar-refractivity contribution is 5.46. The van der Waals surface area contributed by atoms with Crippen molar-refractivity contribution in [3.63, 3.8) is 0 Å². The van der Waals surface area contributed by atoms with E-state index in [-0.39, 0.29) is 11.9 Å². The van der Waals surface area contributed by atoms with Crippen LogP contribution < -0.4 is 9.47 Å². The van der Waals surface area contributed by atoms with Crippen LogP contribution in [0.25, 0.3) is 0 Å². The monoisotopic (exact) mass is 303 g/mol. The van der Waals surface area contributed by atoms with Crippen LogP contribution in [-0.4, -0.2) is 26.2 Å². The molecule has 0 spiro atoms. The van der Waals surface area contributed by atoms with Crippen LogP contribution in [0.15, 0.2) is 42.5 Å². The molecule has 3 nitrogen and oxygen atoms in total. The van der Waals surface area contributed by atoms with Gasteiger partial charge in [-0.2, -0.15) is 0 Å². The molecule has 2 aromatic carbocycles. The Balaban J connectivity index is 2.18. The fourth-order valence-electron chi connectivity index (χ4n) is 2.48. The summed E-state index contributed by atoms with van der Waals surface area (Å²) in [5.41, 5.74) is 2.13. The highest BCUT2D eigenvalue weighted by Gasteiger charge is 2.16. The third kappa shape index (κ3) is 3.57. The fourth-order valence-corrected chi connectivity index (χ4v) is 2.48. The van der Waals surface area contributed by atoms with Crippen molar-refractivity contribution in [2.24, 2.45) is 0 Å². The predicted octanol–water partition coefficient (Wildman–Crippen LogP) is 4.04. The summed E-state index contributed by atoms with van der Waals surface area (Å²) in [7, 11) is 5.31. The number of rotatable bonds is 6. The lowest BCUT2D eigenvalue weighted by molar-refractivity contribution is 0.247. The van der Waals surface area contributed by atoms with Gasteiger partial charge in [0.15, 0.2) is 11.5 Å². The Labute approximate surface area is 131 Å². The number of methoxy groups -OCH3 is 2. The number of halogens is 1. The molecule has 0 aliphatic heterocycles. The van der Waals surface area contributed by atoms with Crippen molar-refractivity contribution in [1.82, 2.24) is 4.90 Å². The molecule has 0 aromatic heterocycles. The van der Waals surface area contributed by atoms with Crippen LogP contribution in [0.3, 0.4) is 0 Å². The van der Waals surface area contributed by atoms with Crippen LogP contribution >= 0.6 is 0 Å². The average molecular weight is 303 g/mol. The second-order valence-electron chi connectivity index (χ2n) is 5.30. The molecular formula is C18H22FNO2. The average Bonchev–Trinajstić information content (AvgIpc) is 2.54. The molecule has 0 aliphatic carbocycles. The number of hydrogen-bond acceptors (Lipinski definition) is 3. The van der Waals surface area contributed by atoms with Gasteiger partial charge in [0.2, 0.25) is 0 Å². The van der Waals surface area contributed by atoms with Crippen molar-refractivity contribution in [3.05, 3.63) is 59.4 Å². The number of ether oxygens (including phenoxy) is 2. The van der Waals surface area contributed by atoms with Crippen LogP contribution in [-0.2, 0) is 6.54 Å². The summed E-state index contributed by atoms with van der Waals surface area (Å²) in [5.74, 6) is 1.26. The van der Waals surface area contributed by atoms with E-state index in [9.17, 15) is 4.39 Å². The standard InChI is InChI=1S/C18H22FNO2/c1-13(14-8-10-16(19)11-9-14)20(2)12-15-6-5-7-17(21-3)18(15)22-4/h5-11,13H,12H2,1-4H3/t13-/m1/s1. The third-order valence-corrected chi connectivity index (χ3v) is 3.92. The molecule has 0 heterocycles. The maximum atomic E-state index is 13.0. The van der Waals surface area contributed by atoms with Crippen LogP contribution in [0.4, 0.5) is 4.39 Å². The highest BCUT2D eigenvalue weighted by atomic mass is 19.1. The fraction of sp³-hybridized carbons (Fsp3) is 0.333. The molecule has 0 saturated heterocycles. The first-order valence-corrected chi connectivity index (χ1v) is 7.22. The van der Waals surface area contributed by atoms with E-state index in [4.69, 9.17) is 9.47 Å². The van der Waals surface area contributed by atoms with E-state index in [0.29, 0.717) is 6.54 Å². The van der Waals surface area contributed by atoms with E-state index in [1.54, 1.807) is 14.2 Å². The Kier molecular flexibility index (Phi) is 5.39. The third-order valence-electron chi connectivity index (χ3n) is 3.92. The van der Waals surface area contributed by atoms with Gasteiger partial charge in [-0.25, -0.2) is 4.39 Å². The molecule has 0 fully saturated rings. The number of para-hydroxylation sites is 1. The largest absolute Gasteiger partial charge is 0.493 e. The van der Waals surface area contributed by atoms with Gasteiger partial charge in [-0.05, 0) is 37.7 Å². The van der Waals surface area contributed by atoms with Gasteiger partial charge in [0.05, 0.1) is 14.2 Å². The molecule has 0 bridgehead atoms. The Morgan fingerprint density at radius 3 is 2.32 bits per heavy atom. The molecule has 2 rings (SSSR count). The normalized spacial score (nSPS) is 12.3. The highest BCUT2D eigenvalue weighted by Crippen LogP contribution is 2.32. The molecular weight excluding hydrogens is 281 g/mol. The SMILES string of the molecule is COc1cccc(CN(C)[C@H](C)c2ccc(F)cc2)c1OC. The minimum atomic E-state index is -0.215. The Bertz CT molecular complexity index is 613. The molecule has 118 valence electrons. The molecule has 0 aliphatic rings. The predicted molar refractivity (Wildman–Crippen MR) is 85.8 cm³/mol. The van der Waals surface area contributed by atoms with Crippen molar-refractivity contribution < 1.29 is 13.9 Å². The lowest BCUT2D eigenvalue weighted by Crippen LogP contribution is -2.22. The molecule has 22 heavy (non-hydrogen) atoms. The summed E-state index contributed by atoms with van der Waals surface area (Å²) in [6.45, 7) is 2.80. The summed E-state index contributed by atoms with van der Waals surface area (Å²) in [6.07, 6.45) is 0. The summed E-state index contributed by atoms with van der Waals surface area (Å²) in [5, 5.41) is 0. The Morgan fingerprint density at radius 2 is 1.73 bits per heavy atom.